The summed E-state index contributed by atoms with van der Waals surface area (Å²) in [5, 5.41) is 7.81. The summed E-state index contributed by atoms with van der Waals surface area (Å²) in [5.41, 5.74) is 0.823. The van der Waals surface area contributed by atoms with Gasteiger partial charge in [-0.15, -0.1) is 5.10 Å². The first kappa shape index (κ1) is 13.2. The van der Waals surface area contributed by atoms with Crippen molar-refractivity contribution in [2.75, 3.05) is 18.8 Å². The van der Waals surface area contributed by atoms with Crippen LogP contribution in [0.5, 0.6) is 5.88 Å². The first-order chi connectivity index (χ1) is 8.51. The highest BCUT2D eigenvalue weighted by atomic mass is 32.2. The van der Waals surface area contributed by atoms with Crippen LogP contribution in [0.4, 0.5) is 0 Å². The molecule has 1 fully saturated rings. The summed E-state index contributed by atoms with van der Waals surface area (Å²) in [7, 11) is -3.11. The van der Waals surface area contributed by atoms with E-state index in [-0.39, 0.29) is 11.9 Å². The number of aromatic nitrogens is 2. The van der Waals surface area contributed by atoms with Gasteiger partial charge in [0.25, 0.3) is 0 Å². The lowest BCUT2D eigenvalue weighted by Crippen LogP contribution is -2.32. The molecule has 1 unspecified atom stereocenters. The Bertz CT molecular complexity index is 501. The SMILES string of the molecule is CCS(=O)(=O)N1CCC(Oc2ccc(C)nn2)C1. The Morgan fingerprint density at radius 3 is 2.83 bits per heavy atom. The lowest BCUT2D eigenvalue weighted by Gasteiger charge is -2.15. The molecule has 0 bridgehead atoms. The number of hydrogen-bond acceptors (Lipinski definition) is 5. The lowest BCUT2D eigenvalue weighted by atomic mass is 10.3. The van der Waals surface area contributed by atoms with E-state index in [2.05, 4.69) is 10.2 Å². The molecular formula is C11H17N3O3S. The van der Waals surface area contributed by atoms with Crippen molar-refractivity contribution in [1.29, 1.82) is 0 Å². The normalized spacial score (nSPS) is 21.1. The summed E-state index contributed by atoms with van der Waals surface area (Å²) >= 11 is 0. The first-order valence-electron chi connectivity index (χ1n) is 5.96. The van der Waals surface area contributed by atoms with Crippen LogP contribution in [0.3, 0.4) is 0 Å². The molecule has 0 saturated carbocycles. The molecule has 1 aromatic rings. The molecule has 1 atom stereocenters. The number of rotatable bonds is 4. The smallest absolute Gasteiger partial charge is 0.233 e. The van der Waals surface area contributed by atoms with Crippen LogP contribution >= 0.6 is 0 Å². The zero-order valence-electron chi connectivity index (χ0n) is 10.5. The fourth-order valence-corrected chi connectivity index (χ4v) is 2.99. The highest BCUT2D eigenvalue weighted by Crippen LogP contribution is 2.18. The van der Waals surface area contributed by atoms with Crippen LogP contribution in [0.1, 0.15) is 19.0 Å². The van der Waals surface area contributed by atoms with Gasteiger partial charge in [0.05, 0.1) is 18.0 Å². The monoisotopic (exact) mass is 271 g/mol. The molecule has 18 heavy (non-hydrogen) atoms. The summed E-state index contributed by atoms with van der Waals surface area (Å²) in [6.45, 7) is 4.41. The molecule has 0 amide bonds. The molecule has 2 rings (SSSR count). The molecule has 0 radical (unpaired) electrons. The van der Waals surface area contributed by atoms with Crippen LogP contribution in [0.25, 0.3) is 0 Å². The van der Waals surface area contributed by atoms with E-state index >= 15 is 0 Å². The van der Waals surface area contributed by atoms with E-state index in [1.165, 1.54) is 4.31 Å². The number of nitrogens with zero attached hydrogens (tertiary/aromatic N) is 3. The topological polar surface area (TPSA) is 72.4 Å². The number of aryl methyl sites for hydroxylation is 1. The summed E-state index contributed by atoms with van der Waals surface area (Å²) in [6.07, 6.45) is 0.553. The number of ether oxygens (including phenoxy) is 1. The van der Waals surface area contributed by atoms with E-state index < -0.39 is 10.0 Å². The van der Waals surface area contributed by atoms with Crippen LogP contribution in [-0.4, -0.2) is 47.9 Å². The van der Waals surface area contributed by atoms with Crippen molar-refractivity contribution in [2.24, 2.45) is 0 Å². The highest BCUT2D eigenvalue weighted by Gasteiger charge is 2.31. The van der Waals surface area contributed by atoms with E-state index in [4.69, 9.17) is 4.74 Å². The van der Waals surface area contributed by atoms with Crippen molar-refractivity contribution >= 4 is 10.0 Å². The second-order valence-electron chi connectivity index (χ2n) is 4.30. The number of hydrogen-bond donors (Lipinski definition) is 0. The fraction of sp³-hybridized carbons (Fsp3) is 0.636. The zero-order chi connectivity index (χ0) is 13.2. The largest absolute Gasteiger partial charge is 0.472 e. The van der Waals surface area contributed by atoms with Gasteiger partial charge >= 0.3 is 0 Å². The van der Waals surface area contributed by atoms with Gasteiger partial charge in [0.15, 0.2) is 0 Å². The molecule has 0 aromatic carbocycles. The zero-order valence-corrected chi connectivity index (χ0v) is 11.4. The maximum atomic E-state index is 11.7. The Morgan fingerprint density at radius 2 is 2.22 bits per heavy atom. The van der Waals surface area contributed by atoms with Crippen LogP contribution in [0.15, 0.2) is 12.1 Å². The molecule has 1 saturated heterocycles. The molecule has 1 aromatic heterocycles. The highest BCUT2D eigenvalue weighted by molar-refractivity contribution is 7.89. The quantitative estimate of drug-likeness (QED) is 0.801. The Hall–Kier alpha value is -1.21. The Kier molecular flexibility index (Phi) is 3.82. The minimum Gasteiger partial charge on any atom is -0.472 e. The molecule has 100 valence electrons. The van der Waals surface area contributed by atoms with Crippen LogP contribution in [-0.2, 0) is 10.0 Å². The average molecular weight is 271 g/mol. The fourth-order valence-electron chi connectivity index (χ4n) is 1.85. The average Bonchev–Trinajstić information content (AvgIpc) is 2.81. The molecule has 0 N–H and O–H groups in total. The van der Waals surface area contributed by atoms with E-state index in [1.54, 1.807) is 13.0 Å². The number of sulfonamides is 1. The first-order valence-corrected chi connectivity index (χ1v) is 7.57. The van der Waals surface area contributed by atoms with Gasteiger partial charge in [-0.25, -0.2) is 8.42 Å². The third kappa shape index (κ3) is 2.97. The van der Waals surface area contributed by atoms with Crippen molar-refractivity contribution in [3.8, 4) is 5.88 Å². The van der Waals surface area contributed by atoms with Gasteiger partial charge in [0.1, 0.15) is 6.10 Å². The molecule has 2 heterocycles. The predicted octanol–water partition coefficient (Wildman–Crippen LogP) is 0.588. The van der Waals surface area contributed by atoms with E-state index in [1.807, 2.05) is 13.0 Å². The van der Waals surface area contributed by atoms with E-state index in [9.17, 15) is 8.42 Å². The van der Waals surface area contributed by atoms with Crippen molar-refractivity contribution in [1.82, 2.24) is 14.5 Å². The van der Waals surface area contributed by atoms with Crippen molar-refractivity contribution in [2.45, 2.75) is 26.4 Å². The maximum Gasteiger partial charge on any atom is 0.233 e. The second kappa shape index (κ2) is 5.19. The molecule has 1 aliphatic heterocycles. The van der Waals surface area contributed by atoms with Gasteiger partial charge in [0, 0.05) is 12.6 Å². The standard InChI is InChI=1S/C11H17N3O3S/c1-3-18(15,16)14-7-6-10(8-14)17-11-5-4-9(2)12-13-11/h4-5,10H,3,6-8H2,1-2H3. The van der Waals surface area contributed by atoms with E-state index in [0.717, 1.165) is 5.69 Å². The van der Waals surface area contributed by atoms with Gasteiger partial charge in [0.2, 0.25) is 15.9 Å². The summed E-state index contributed by atoms with van der Waals surface area (Å²) in [4.78, 5) is 0. The molecular weight excluding hydrogens is 254 g/mol. The minimum atomic E-state index is -3.11. The van der Waals surface area contributed by atoms with Gasteiger partial charge in [-0.05, 0) is 26.3 Å². The summed E-state index contributed by atoms with van der Waals surface area (Å²) in [6, 6.07) is 3.57. The summed E-state index contributed by atoms with van der Waals surface area (Å²) in [5.74, 6) is 0.575. The van der Waals surface area contributed by atoms with Crippen LogP contribution in [0.2, 0.25) is 0 Å². The van der Waals surface area contributed by atoms with Crippen LogP contribution in [0, 0.1) is 6.92 Å². The van der Waals surface area contributed by atoms with Gasteiger partial charge in [-0.2, -0.15) is 9.40 Å². The van der Waals surface area contributed by atoms with Crippen molar-refractivity contribution in [3.05, 3.63) is 17.8 Å². The third-order valence-corrected chi connectivity index (χ3v) is 4.77. The van der Waals surface area contributed by atoms with Crippen molar-refractivity contribution in [3.63, 3.8) is 0 Å². The third-order valence-electron chi connectivity index (χ3n) is 2.93. The predicted molar refractivity (Wildman–Crippen MR) is 66.8 cm³/mol. The van der Waals surface area contributed by atoms with Gasteiger partial charge in [-0.1, -0.05) is 0 Å². The van der Waals surface area contributed by atoms with Gasteiger partial charge < -0.3 is 4.74 Å². The van der Waals surface area contributed by atoms with Gasteiger partial charge in [-0.3, -0.25) is 0 Å². The Morgan fingerprint density at radius 1 is 1.44 bits per heavy atom. The van der Waals surface area contributed by atoms with Crippen LogP contribution < -0.4 is 4.74 Å². The molecule has 0 aliphatic carbocycles. The molecule has 0 spiro atoms. The summed E-state index contributed by atoms with van der Waals surface area (Å²) < 4.78 is 30.5. The van der Waals surface area contributed by atoms with E-state index in [0.29, 0.717) is 25.4 Å². The molecule has 7 heteroatoms. The Labute approximate surface area is 107 Å². The lowest BCUT2D eigenvalue weighted by molar-refractivity contribution is 0.204. The second-order valence-corrected chi connectivity index (χ2v) is 6.56. The minimum absolute atomic E-state index is 0.129. The molecule has 6 nitrogen and oxygen atoms in total. The Balaban J connectivity index is 1.96. The maximum absolute atomic E-state index is 11.7. The van der Waals surface area contributed by atoms with Crippen molar-refractivity contribution < 1.29 is 13.2 Å². The molecule has 1 aliphatic rings.